The average molecular weight is 212 g/mol. The molecule has 0 fully saturated rings. The molecule has 0 atom stereocenters. The van der Waals surface area contributed by atoms with E-state index >= 15 is 0 Å². The lowest BCUT2D eigenvalue weighted by Crippen LogP contribution is -2.48. The van der Waals surface area contributed by atoms with Crippen LogP contribution in [0.1, 0.15) is 0 Å². The Hall–Kier alpha value is -1.89. The van der Waals surface area contributed by atoms with E-state index in [9.17, 15) is 10.1 Å². The first kappa shape index (κ1) is 10.2. The standard InChI is InChI=1S/C7H8N4O2S/c8-7(14)9-10(11(12)13)6-4-2-1-3-5-6/h1-5H,(H3,8,9,14). The van der Waals surface area contributed by atoms with Crippen molar-refractivity contribution in [3.8, 4) is 0 Å². The molecule has 0 saturated heterocycles. The van der Waals surface area contributed by atoms with E-state index in [-0.39, 0.29) is 5.11 Å². The Morgan fingerprint density at radius 2 is 2.07 bits per heavy atom. The van der Waals surface area contributed by atoms with Gasteiger partial charge in [-0.25, -0.2) is 15.5 Å². The predicted molar refractivity (Wildman–Crippen MR) is 55.8 cm³/mol. The Kier molecular flexibility index (Phi) is 3.19. The largest absolute Gasteiger partial charge is 0.375 e. The van der Waals surface area contributed by atoms with Gasteiger partial charge in [0.15, 0.2) is 10.1 Å². The molecule has 0 aliphatic heterocycles. The zero-order chi connectivity index (χ0) is 10.6. The van der Waals surface area contributed by atoms with E-state index in [0.29, 0.717) is 10.8 Å². The molecule has 74 valence electrons. The molecule has 0 radical (unpaired) electrons. The third-order valence-electron chi connectivity index (χ3n) is 1.38. The lowest BCUT2D eigenvalue weighted by atomic mass is 10.3. The fourth-order valence-corrected chi connectivity index (χ4v) is 0.960. The highest BCUT2D eigenvalue weighted by molar-refractivity contribution is 7.80. The summed E-state index contributed by atoms with van der Waals surface area (Å²) in [6, 6.07) is 8.23. The summed E-state index contributed by atoms with van der Waals surface area (Å²) >= 11 is 4.51. The molecule has 14 heavy (non-hydrogen) atoms. The highest BCUT2D eigenvalue weighted by atomic mass is 32.1. The van der Waals surface area contributed by atoms with Crippen molar-refractivity contribution >= 4 is 23.0 Å². The highest BCUT2D eigenvalue weighted by Crippen LogP contribution is 2.10. The monoisotopic (exact) mass is 212 g/mol. The van der Waals surface area contributed by atoms with Crippen molar-refractivity contribution in [2.45, 2.75) is 0 Å². The second-order valence-electron chi connectivity index (χ2n) is 2.36. The number of nitrogens with two attached hydrogens (primary N) is 1. The molecule has 0 amide bonds. The Bertz CT molecular complexity index is 343. The molecule has 0 saturated carbocycles. The zero-order valence-electron chi connectivity index (χ0n) is 7.08. The maximum Gasteiger partial charge on any atom is 0.187 e. The third-order valence-corrected chi connectivity index (χ3v) is 1.47. The summed E-state index contributed by atoms with van der Waals surface area (Å²) < 4.78 is 0. The minimum atomic E-state index is -0.644. The summed E-state index contributed by atoms with van der Waals surface area (Å²) in [5, 5.41) is 10.4. The molecule has 0 aromatic heterocycles. The molecule has 3 N–H and O–H groups in total. The number of nitro groups is 1. The molecule has 6 nitrogen and oxygen atoms in total. The van der Waals surface area contributed by atoms with Gasteiger partial charge in [0.25, 0.3) is 0 Å². The van der Waals surface area contributed by atoms with Crippen LogP contribution in [0.3, 0.4) is 0 Å². The van der Waals surface area contributed by atoms with Crippen LogP contribution < -0.4 is 16.3 Å². The Labute approximate surface area is 85.4 Å². The number of para-hydroxylation sites is 1. The Morgan fingerprint density at radius 1 is 1.50 bits per heavy atom. The Balaban J connectivity index is 2.89. The topological polar surface area (TPSA) is 84.4 Å². The van der Waals surface area contributed by atoms with Gasteiger partial charge in [-0.1, -0.05) is 18.2 Å². The molecule has 1 aromatic carbocycles. The van der Waals surface area contributed by atoms with Crippen LogP contribution in [0.5, 0.6) is 0 Å². The normalized spacial score (nSPS) is 9.14. The van der Waals surface area contributed by atoms with Crippen molar-refractivity contribution in [3.05, 3.63) is 40.4 Å². The van der Waals surface area contributed by atoms with Gasteiger partial charge in [0.1, 0.15) is 5.69 Å². The first-order chi connectivity index (χ1) is 6.61. The second-order valence-corrected chi connectivity index (χ2v) is 2.80. The lowest BCUT2D eigenvalue weighted by molar-refractivity contribution is -0.500. The molecular formula is C7H8N4O2S. The van der Waals surface area contributed by atoms with Crippen LogP contribution in [-0.4, -0.2) is 10.1 Å². The quantitative estimate of drug-likeness (QED) is 0.429. The summed E-state index contributed by atoms with van der Waals surface area (Å²) in [5.41, 5.74) is 7.73. The van der Waals surface area contributed by atoms with E-state index in [4.69, 9.17) is 5.73 Å². The minimum Gasteiger partial charge on any atom is -0.375 e. The smallest absolute Gasteiger partial charge is 0.187 e. The summed E-state index contributed by atoms with van der Waals surface area (Å²) in [7, 11) is 0. The molecule has 0 aliphatic rings. The SMILES string of the molecule is NC(=S)NN(c1ccccc1)[N+](=O)[O-]. The van der Waals surface area contributed by atoms with Gasteiger partial charge in [-0.3, -0.25) is 0 Å². The highest BCUT2D eigenvalue weighted by Gasteiger charge is 2.16. The Morgan fingerprint density at radius 3 is 2.50 bits per heavy atom. The van der Waals surface area contributed by atoms with E-state index in [2.05, 4.69) is 17.6 Å². The van der Waals surface area contributed by atoms with Crippen LogP contribution in [-0.2, 0) is 0 Å². The molecule has 1 aromatic rings. The summed E-state index contributed by atoms with van der Waals surface area (Å²) in [6.45, 7) is 0. The van der Waals surface area contributed by atoms with Crippen molar-refractivity contribution in [1.82, 2.24) is 5.43 Å². The van der Waals surface area contributed by atoms with Gasteiger partial charge in [0, 0.05) is 5.12 Å². The van der Waals surface area contributed by atoms with Crippen LogP contribution >= 0.6 is 12.2 Å². The maximum absolute atomic E-state index is 10.6. The van der Waals surface area contributed by atoms with E-state index in [1.54, 1.807) is 30.3 Å². The predicted octanol–water partition coefficient (Wildman–Crippen LogP) is 0.433. The van der Waals surface area contributed by atoms with Gasteiger partial charge in [-0.15, -0.1) is 0 Å². The minimum absolute atomic E-state index is 0.162. The van der Waals surface area contributed by atoms with E-state index in [1.165, 1.54) is 0 Å². The van der Waals surface area contributed by atoms with Crippen LogP contribution in [0.25, 0.3) is 0 Å². The van der Waals surface area contributed by atoms with E-state index < -0.39 is 5.03 Å². The lowest BCUT2D eigenvalue weighted by Gasteiger charge is -2.13. The molecule has 0 spiro atoms. The molecule has 0 bridgehead atoms. The van der Waals surface area contributed by atoms with Crippen molar-refractivity contribution in [2.24, 2.45) is 5.73 Å². The van der Waals surface area contributed by atoms with Gasteiger partial charge < -0.3 is 5.73 Å². The third kappa shape index (κ3) is 2.56. The van der Waals surface area contributed by atoms with Gasteiger partial charge in [-0.05, 0) is 24.4 Å². The molecule has 0 aliphatic carbocycles. The number of benzene rings is 1. The number of hydrogen-bond donors (Lipinski definition) is 2. The molecule has 0 heterocycles. The van der Waals surface area contributed by atoms with Crippen molar-refractivity contribution in [2.75, 3.05) is 5.12 Å². The van der Waals surface area contributed by atoms with Crippen molar-refractivity contribution in [3.63, 3.8) is 0 Å². The summed E-state index contributed by atoms with van der Waals surface area (Å²) in [5.74, 6) is 0. The average Bonchev–Trinajstić information content (AvgIpc) is 2.15. The fraction of sp³-hybridized carbons (Fsp3) is 0. The van der Waals surface area contributed by atoms with Gasteiger partial charge in [0.05, 0.1) is 0 Å². The second kappa shape index (κ2) is 4.38. The van der Waals surface area contributed by atoms with Crippen LogP contribution in [0.2, 0.25) is 0 Å². The van der Waals surface area contributed by atoms with Crippen molar-refractivity contribution < 1.29 is 5.03 Å². The van der Waals surface area contributed by atoms with Crippen LogP contribution in [0.4, 0.5) is 5.69 Å². The van der Waals surface area contributed by atoms with E-state index in [0.717, 1.165) is 0 Å². The zero-order valence-corrected chi connectivity index (χ0v) is 7.90. The first-order valence-electron chi connectivity index (χ1n) is 3.67. The summed E-state index contributed by atoms with van der Waals surface area (Å²) in [6.07, 6.45) is 0. The van der Waals surface area contributed by atoms with Gasteiger partial charge in [0.2, 0.25) is 0 Å². The molecule has 7 heteroatoms. The molecule has 0 unspecified atom stereocenters. The molecular weight excluding hydrogens is 204 g/mol. The summed E-state index contributed by atoms with van der Waals surface area (Å²) in [4.78, 5) is 10.6. The number of anilines is 1. The number of thiocarbonyl (C=S) groups is 1. The first-order valence-corrected chi connectivity index (χ1v) is 4.07. The van der Waals surface area contributed by atoms with E-state index in [1.807, 2.05) is 0 Å². The number of rotatable bonds is 3. The number of nitrogens with zero attached hydrogens (tertiary/aromatic N) is 2. The molecule has 1 rings (SSSR count). The number of hydrazine groups is 2. The van der Waals surface area contributed by atoms with Crippen LogP contribution in [0, 0.1) is 10.1 Å². The van der Waals surface area contributed by atoms with Crippen LogP contribution in [0.15, 0.2) is 30.3 Å². The fourth-order valence-electron chi connectivity index (χ4n) is 0.873. The maximum atomic E-state index is 10.6. The van der Waals surface area contributed by atoms with Crippen molar-refractivity contribution in [1.29, 1.82) is 0 Å². The number of nitrogens with one attached hydrogen (secondary N) is 1. The van der Waals surface area contributed by atoms with Gasteiger partial charge in [-0.2, -0.15) is 0 Å². The number of hydrogen-bond acceptors (Lipinski definition) is 3. The van der Waals surface area contributed by atoms with Gasteiger partial charge >= 0.3 is 0 Å².